The molecule has 1 saturated heterocycles. The first-order valence-corrected chi connectivity index (χ1v) is 5.63. The van der Waals surface area contributed by atoms with Crippen LogP contribution < -0.4 is 5.32 Å². The van der Waals surface area contributed by atoms with E-state index in [2.05, 4.69) is 28.0 Å². The first-order chi connectivity index (χ1) is 6.92. The molecule has 0 spiro atoms. The van der Waals surface area contributed by atoms with E-state index in [0.717, 1.165) is 19.6 Å². The number of hydrogen-bond acceptors (Lipinski definition) is 2. The lowest BCUT2D eigenvalue weighted by molar-refractivity contribution is 0.429. The maximum Gasteiger partial charge on any atom is 0.111 e. The quantitative estimate of drug-likeness (QED) is 0.861. The number of nitrogens with one attached hydrogen (secondary N) is 1. The van der Waals surface area contributed by atoms with Gasteiger partial charge in [-0.3, -0.25) is 0 Å². The predicted molar refractivity (Wildman–Crippen MR) is 64.6 cm³/mol. The molecule has 0 saturated carbocycles. The molecule has 0 atom stereocenters. The van der Waals surface area contributed by atoms with E-state index in [1.807, 2.05) is 6.20 Å². The fourth-order valence-electron chi connectivity index (χ4n) is 2.19. The summed E-state index contributed by atoms with van der Waals surface area (Å²) >= 11 is 0. The minimum atomic E-state index is 0. The highest BCUT2D eigenvalue weighted by molar-refractivity contribution is 5.85. The number of imidazole rings is 1. The maximum atomic E-state index is 4.49. The van der Waals surface area contributed by atoms with Gasteiger partial charge in [0.15, 0.2) is 0 Å². The van der Waals surface area contributed by atoms with Gasteiger partial charge in [0.2, 0.25) is 0 Å². The molecule has 4 heteroatoms. The summed E-state index contributed by atoms with van der Waals surface area (Å²) < 4.78 is 2.32. The molecule has 0 aliphatic carbocycles. The average Bonchev–Trinajstić information content (AvgIpc) is 2.68. The van der Waals surface area contributed by atoms with Gasteiger partial charge in [-0.25, -0.2) is 4.98 Å². The molecule has 2 heterocycles. The first-order valence-electron chi connectivity index (χ1n) is 5.63. The van der Waals surface area contributed by atoms with Gasteiger partial charge in [-0.15, -0.1) is 12.4 Å². The molecule has 3 nitrogen and oxygen atoms in total. The molecule has 0 aromatic carbocycles. The zero-order chi connectivity index (χ0) is 9.80. The molecule has 1 aliphatic rings. The summed E-state index contributed by atoms with van der Waals surface area (Å²) in [7, 11) is 0. The van der Waals surface area contributed by atoms with Gasteiger partial charge in [-0.05, 0) is 32.4 Å². The summed E-state index contributed by atoms with van der Waals surface area (Å²) in [4.78, 5) is 4.49. The molecule has 0 unspecified atom stereocenters. The summed E-state index contributed by atoms with van der Waals surface area (Å²) in [6, 6.07) is 0. The largest absolute Gasteiger partial charge is 0.335 e. The van der Waals surface area contributed by atoms with Gasteiger partial charge in [0.05, 0.1) is 0 Å². The second kappa shape index (κ2) is 6.13. The van der Waals surface area contributed by atoms with Gasteiger partial charge in [0.1, 0.15) is 5.82 Å². The van der Waals surface area contributed by atoms with Gasteiger partial charge in [-0.1, -0.05) is 6.92 Å². The van der Waals surface area contributed by atoms with Crippen molar-refractivity contribution in [3.05, 3.63) is 18.2 Å². The zero-order valence-corrected chi connectivity index (χ0v) is 10.1. The lowest BCUT2D eigenvalue weighted by Crippen LogP contribution is -2.28. The number of aryl methyl sites for hydroxylation is 1. The molecule has 1 N–H and O–H groups in total. The van der Waals surface area contributed by atoms with Gasteiger partial charge in [0.25, 0.3) is 0 Å². The highest BCUT2D eigenvalue weighted by Crippen LogP contribution is 2.23. The van der Waals surface area contributed by atoms with Gasteiger partial charge < -0.3 is 9.88 Å². The summed E-state index contributed by atoms with van der Waals surface area (Å²) in [5.74, 6) is 1.98. The fourth-order valence-corrected chi connectivity index (χ4v) is 2.19. The molecule has 0 radical (unpaired) electrons. The zero-order valence-electron chi connectivity index (χ0n) is 9.28. The molecule has 0 bridgehead atoms. The maximum absolute atomic E-state index is 4.49. The van der Waals surface area contributed by atoms with Crippen LogP contribution in [-0.2, 0) is 6.54 Å². The summed E-state index contributed by atoms with van der Waals surface area (Å²) in [6.07, 6.45) is 7.71. The van der Waals surface area contributed by atoms with Gasteiger partial charge in [-0.2, -0.15) is 0 Å². The highest BCUT2D eigenvalue weighted by Gasteiger charge is 2.18. The Hall–Kier alpha value is -0.540. The van der Waals surface area contributed by atoms with E-state index in [9.17, 15) is 0 Å². The van der Waals surface area contributed by atoms with E-state index in [4.69, 9.17) is 0 Å². The first kappa shape index (κ1) is 12.5. The van der Waals surface area contributed by atoms with Crippen LogP contribution >= 0.6 is 12.4 Å². The summed E-state index contributed by atoms with van der Waals surface area (Å²) in [6.45, 7) is 5.61. The lowest BCUT2D eigenvalue weighted by Gasteiger charge is -2.22. The van der Waals surface area contributed by atoms with Crippen LogP contribution in [0.4, 0.5) is 0 Å². The Bertz CT molecular complexity index is 279. The van der Waals surface area contributed by atoms with Crippen molar-refractivity contribution in [3.8, 4) is 0 Å². The number of hydrogen-bond donors (Lipinski definition) is 1. The molecule has 15 heavy (non-hydrogen) atoms. The lowest BCUT2D eigenvalue weighted by atomic mass is 9.97. The van der Waals surface area contributed by atoms with Gasteiger partial charge in [0, 0.05) is 24.9 Å². The third kappa shape index (κ3) is 2.95. The van der Waals surface area contributed by atoms with E-state index >= 15 is 0 Å². The van der Waals surface area contributed by atoms with Crippen molar-refractivity contribution in [2.75, 3.05) is 13.1 Å². The topological polar surface area (TPSA) is 29.9 Å². The molecule has 1 aromatic rings. The third-order valence-corrected chi connectivity index (χ3v) is 2.92. The molecule has 1 fully saturated rings. The third-order valence-electron chi connectivity index (χ3n) is 2.92. The fraction of sp³-hybridized carbons (Fsp3) is 0.727. The predicted octanol–water partition coefficient (Wildman–Crippen LogP) is 2.18. The number of nitrogens with zero attached hydrogens (tertiary/aromatic N) is 2. The summed E-state index contributed by atoms with van der Waals surface area (Å²) in [5.41, 5.74) is 0. The molecule has 1 aliphatic heterocycles. The van der Waals surface area contributed by atoms with E-state index in [-0.39, 0.29) is 12.4 Å². The number of piperidine rings is 1. The van der Waals surface area contributed by atoms with E-state index in [1.54, 1.807) is 0 Å². The van der Waals surface area contributed by atoms with Crippen molar-refractivity contribution in [1.29, 1.82) is 0 Å². The van der Waals surface area contributed by atoms with Crippen LogP contribution in [0.25, 0.3) is 0 Å². The number of aromatic nitrogens is 2. The molecule has 0 amide bonds. The second-order valence-corrected chi connectivity index (χ2v) is 4.00. The van der Waals surface area contributed by atoms with Crippen molar-refractivity contribution in [2.24, 2.45) is 0 Å². The molecule has 2 rings (SSSR count). The van der Waals surface area contributed by atoms with Crippen LogP contribution in [0.5, 0.6) is 0 Å². The monoisotopic (exact) mass is 229 g/mol. The standard InChI is InChI=1S/C11H19N3.ClH/c1-2-8-14-9-7-13-11(14)10-3-5-12-6-4-10;/h7,9-10,12H,2-6,8H2,1H3;1H. The molecule has 86 valence electrons. The second-order valence-electron chi connectivity index (χ2n) is 4.00. The van der Waals surface area contributed by atoms with Crippen LogP contribution in [0.3, 0.4) is 0 Å². The molecule has 1 aromatic heterocycles. The van der Waals surface area contributed by atoms with Crippen molar-refractivity contribution in [2.45, 2.75) is 38.6 Å². The van der Waals surface area contributed by atoms with E-state index in [1.165, 1.54) is 25.1 Å². The normalized spacial score (nSPS) is 17.4. The minimum absolute atomic E-state index is 0. The van der Waals surface area contributed by atoms with Crippen molar-refractivity contribution in [1.82, 2.24) is 14.9 Å². The minimum Gasteiger partial charge on any atom is -0.335 e. The Kier molecular flexibility index (Phi) is 5.12. The Morgan fingerprint density at radius 3 is 2.87 bits per heavy atom. The summed E-state index contributed by atoms with van der Waals surface area (Å²) in [5, 5.41) is 3.39. The Labute approximate surface area is 97.7 Å². The molecular formula is C11H20ClN3. The smallest absolute Gasteiger partial charge is 0.111 e. The van der Waals surface area contributed by atoms with Crippen LogP contribution in [0.15, 0.2) is 12.4 Å². The Balaban J connectivity index is 0.00000112. The Morgan fingerprint density at radius 1 is 1.47 bits per heavy atom. The van der Waals surface area contributed by atoms with Crippen molar-refractivity contribution < 1.29 is 0 Å². The molecular weight excluding hydrogens is 210 g/mol. The van der Waals surface area contributed by atoms with Crippen molar-refractivity contribution >= 4 is 12.4 Å². The Morgan fingerprint density at radius 2 is 2.20 bits per heavy atom. The number of rotatable bonds is 3. The van der Waals surface area contributed by atoms with Crippen LogP contribution in [0, 0.1) is 0 Å². The van der Waals surface area contributed by atoms with E-state index in [0.29, 0.717) is 5.92 Å². The van der Waals surface area contributed by atoms with Gasteiger partial charge >= 0.3 is 0 Å². The van der Waals surface area contributed by atoms with Crippen molar-refractivity contribution in [3.63, 3.8) is 0 Å². The van der Waals surface area contributed by atoms with E-state index < -0.39 is 0 Å². The SMILES string of the molecule is CCCn1ccnc1C1CCNCC1.Cl. The average molecular weight is 230 g/mol. The van der Waals surface area contributed by atoms with Crippen LogP contribution in [0.1, 0.15) is 37.9 Å². The van der Waals surface area contributed by atoms with Crippen LogP contribution in [0.2, 0.25) is 0 Å². The highest BCUT2D eigenvalue weighted by atomic mass is 35.5. The number of halogens is 1. The van der Waals surface area contributed by atoms with Crippen LogP contribution in [-0.4, -0.2) is 22.6 Å².